The fourth-order valence-corrected chi connectivity index (χ4v) is 1.68. The van der Waals surface area contributed by atoms with Crippen molar-refractivity contribution in [3.05, 3.63) is 29.6 Å². The van der Waals surface area contributed by atoms with Crippen LogP contribution in [0.3, 0.4) is 0 Å². The molecule has 106 valence electrons. The molecule has 0 amide bonds. The first-order chi connectivity index (χ1) is 9.02. The van der Waals surface area contributed by atoms with Gasteiger partial charge in [0, 0.05) is 24.9 Å². The third-order valence-corrected chi connectivity index (χ3v) is 2.86. The normalized spacial score (nSPS) is 10.8. The Morgan fingerprint density at radius 2 is 2.11 bits per heavy atom. The van der Waals surface area contributed by atoms with Gasteiger partial charge >= 0.3 is 0 Å². The van der Waals surface area contributed by atoms with Crippen molar-refractivity contribution in [3.8, 4) is 5.75 Å². The number of rotatable bonds is 8. The van der Waals surface area contributed by atoms with Gasteiger partial charge in [-0.15, -0.1) is 0 Å². The van der Waals surface area contributed by atoms with Crippen LogP contribution >= 0.6 is 0 Å². The summed E-state index contributed by atoms with van der Waals surface area (Å²) in [6.45, 7) is 4.95. The molecule has 0 aliphatic rings. The van der Waals surface area contributed by atoms with Crippen LogP contribution in [-0.2, 0) is 11.2 Å². The van der Waals surface area contributed by atoms with Gasteiger partial charge < -0.3 is 10.1 Å². The van der Waals surface area contributed by atoms with Crippen LogP contribution in [0.25, 0.3) is 0 Å². The van der Waals surface area contributed by atoms with E-state index in [4.69, 9.17) is 4.74 Å². The highest BCUT2D eigenvalue weighted by atomic mass is 19.1. The molecule has 3 nitrogen and oxygen atoms in total. The van der Waals surface area contributed by atoms with E-state index in [1.165, 1.54) is 12.1 Å². The average Bonchev–Trinajstić information content (AvgIpc) is 2.35. The molecule has 0 aliphatic heterocycles. The second kappa shape index (κ2) is 7.89. The van der Waals surface area contributed by atoms with Crippen molar-refractivity contribution in [2.75, 3.05) is 20.2 Å². The maximum atomic E-state index is 13.4. The van der Waals surface area contributed by atoms with E-state index in [1.54, 1.807) is 6.07 Å². The summed E-state index contributed by atoms with van der Waals surface area (Å²) in [5, 5.41) is 2.96. The standard InChI is InChI=1S/C15H22FNO2/c1-11(2)15(18)5-4-12-8-13(16)10-14(9-12)19-7-6-17-3/h8-11,17H,4-7H2,1-3H3. The first-order valence-corrected chi connectivity index (χ1v) is 6.62. The van der Waals surface area contributed by atoms with E-state index in [0.29, 0.717) is 31.7 Å². The van der Waals surface area contributed by atoms with Gasteiger partial charge in [-0.05, 0) is 31.2 Å². The summed E-state index contributed by atoms with van der Waals surface area (Å²) < 4.78 is 18.9. The monoisotopic (exact) mass is 267 g/mol. The summed E-state index contributed by atoms with van der Waals surface area (Å²) in [4.78, 5) is 11.6. The first kappa shape index (κ1) is 15.6. The van der Waals surface area contributed by atoms with E-state index in [1.807, 2.05) is 20.9 Å². The largest absolute Gasteiger partial charge is 0.492 e. The zero-order valence-electron chi connectivity index (χ0n) is 11.8. The van der Waals surface area contributed by atoms with E-state index in [9.17, 15) is 9.18 Å². The second-order valence-electron chi connectivity index (χ2n) is 4.87. The molecule has 0 aromatic heterocycles. The van der Waals surface area contributed by atoms with Gasteiger partial charge in [0.2, 0.25) is 0 Å². The van der Waals surface area contributed by atoms with E-state index < -0.39 is 0 Å². The number of likely N-dealkylation sites (N-methyl/N-ethyl adjacent to an activating group) is 1. The molecule has 1 N–H and O–H groups in total. The molecule has 1 aromatic carbocycles. The van der Waals surface area contributed by atoms with Gasteiger partial charge in [0.1, 0.15) is 24.0 Å². The van der Waals surface area contributed by atoms with Crippen LogP contribution in [-0.4, -0.2) is 26.0 Å². The third-order valence-electron chi connectivity index (χ3n) is 2.86. The van der Waals surface area contributed by atoms with Gasteiger partial charge in [0.05, 0.1) is 0 Å². The smallest absolute Gasteiger partial charge is 0.135 e. The zero-order chi connectivity index (χ0) is 14.3. The van der Waals surface area contributed by atoms with Crippen LogP contribution in [0.5, 0.6) is 5.75 Å². The minimum atomic E-state index is -0.325. The number of carbonyl (C=O) groups excluding carboxylic acids is 1. The van der Waals surface area contributed by atoms with Crippen molar-refractivity contribution in [2.24, 2.45) is 5.92 Å². The van der Waals surface area contributed by atoms with Crippen molar-refractivity contribution >= 4 is 5.78 Å². The Bertz CT molecular complexity index is 419. The molecule has 0 saturated heterocycles. The highest BCUT2D eigenvalue weighted by molar-refractivity contribution is 5.80. The van der Waals surface area contributed by atoms with E-state index >= 15 is 0 Å². The average molecular weight is 267 g/mol. The van der Waals surface area contributed by atoms with E-state index in [0.717, 1.165) is 5.56 Å². The fourth-order valence-electron chi connectivity index (χ4n) is 1.68. The number of hydrogen-bond acceptors (Lipinski definition) is 3. The van der Waals surface area contributed by atoms with Gasteiger partial charge in [-0.2, -0.15) is 0 Å². The summed E-state index contributed by atoms with van der Waals surface area (Å²) in [6, 6.07) is 4.62. The van der Waals surface area contributed by atoms with Gasteiger partial charge in [0.15, 0.2) is 0 Å². The molecule has 0 atom stereocenters. The van der Waals surface area contributed by atoms with Crippen LogP contribution in [0.4, 0.5) is 4.39 Å². The second-order valence-corrected chi connectivity index (χ2v) is 4.87. The molecule has 0 bridgehead atoms. The summed E-state index contributed by atoms with van der Waals surface area (Å²) in [7, 11) is 1.83. The summed E-state index contributed by atoms with van der Waals surface area (Å²) in [6.07, 6.45) is 0.994. The molecule has 0 heterocycles. The predicted molar refractivity (Wildman–Crippen MR) is 74.0 cm³/mol. The Labute approximate surface area is 114 Å². The summed E-state index contributed by atoms with van der Waals surface area (Å²) in [5.41, 5.74) is 0.799. The molecule has 0 fully saturated rings. The van der Waals surface area contributed by atoms with Crippen molar-refractivity contribution < 1.29 is 13.9 Å². The molecule has 0 aliphatic carbocycles. The molecule has 0 spiro atoms. The van der Waals surface area contributed by atoms with Gasteiger partial charge in [0.25, 0.3) is 0 Å². The molecule has 0 unspecified atom stereocenters. The molecule has 0 radical (unpaired) electrons. The number of nitrogens with one attached hydrogen (secondary N) is 1. The predicted octanol–water partition coefficient (Wildman–Crippen LogP) is 2.58. The number of benzene rings is 1. The Balaban J connectivity index is 2.60. The number of ketones is 1. The van der Waals surface area contributed by atoms with Gasteiger partial charge in [-0.1, -0.05) is 13.8 Å². The van der Waals surface area contributed by atoms with Crippen molar-refractivity contribution in [2.45, 2.75) is 26.7 Å². The Morgan fingerprint density at radius 3 is 2.74 bits per heavy atom. The molecule has 1 rings (SSSR count). The molecule has 1 aromatic rings. The number of halogens is 1. The van der Waals surface area contributed by atoms with Gasteiger partial charge in [-0.3, -0.25) is 4.79 Å². The Hall–Kier alpha value is -1.42. The van der Waals surface area contributed by atoms with Crippen molar-refractivity contribution in [1.29, 1.82) is 0 Å². The van der Waals surface area contributed by atoms with Crippen LogP contribution in [0.15, 0.2) is 18.2 Å². The SMILES string of the molecule is CNCCOc1cc(F)cc(CCC(=O)C(C)C)c1. The minimum Gasteiger partial charge on any atom is -0.492 e. The van der Waals surface area contributed by atoms with Crippen molar-refractivity contribution in [3.63, 3.8) is 0 Å². The van der Waals surface area contributed by atoms with E-state index in [-0.39, 0.29) is 17.5 Å². The number of hydrogen-bond donors (Lipinski definition) is 1. The topological polar surface area (TPSA) is 38.3 Å². The molecule has 0 saturated carbocycles. The Morgan fingerprint density at radius 1 is 1.37 bits per heavy atom. The first-order valence-electron chi connectivity index (χ1n) is 6.62. The molecular weight excluding hydrogens is 245 g/mol. The third kappa shape index (κ3) is 5.83. The minimum absolute atomic E-state index is 0.0277. The van der Waals surface area contributed by atoms with Crippen LogP contribution in [0.2, 0.25) is 0 Å². The highest BCUT2D eigenvalue weighted by Gasteiger charge is 2.08. The fraction of sp³-hybridized carbons (Fsp3) is 0.533. The van der Waals surface area contributed by atoms with E-state index in [2.05, 4.69) is 5.32 Å². The number of Topliss-reactive ketones (excluding diaryl/α,β-unsaturated/α-hetero) is 1. The lowest BCUT2D eigenvalue weighted by Gasteiger charge is -2.09. The lowest BCUT2D eigenvalue weighted by Crippen LogP contribution is -2.16. The maximum Gasteiger partial charge on any atom is 0.135 e. The zero-order valence-corrected chi connectivity index (χ0v) is 11.8. The lowest BCUT2D eigenvalue weighted by atomic mass is 10.0. The lowest BCUT2D eigenvalue weighted by molar-refractivity contribution is -0.121. The summed E-state index contributed by atoms with van der Waals surface area (Å²) >= 11 is 0. The molecule has 4 heteroatoms. The van der Waals surface area contributed by atoms with Gasteiger partial charge in [-0.25, -0.2) is 4.39 Å². The number of aryl methyl sites for hydroxylation is 1. The van der Waals surface area contributed by atoms with Crippen LogP contribution < -0.4 is 10.1 Å². The van der Waals surface area contributed by atoms with Crippen LogP contribution in [0, 0.1) is 11.7 Å². The number of ether oxygens (including phenoxy) is 1. The summed E-state index contributed by atoms with van der Waals surface area (Å²) in [5.74, 6) is 0.415. The highest BCUT2D eigenvalue weighted by Crippen LogP contribution is 2.18. The maximum absolute atomic E-state index is 13.4. The van der Waals surface area contributed by atoms with Crippen molar-refractivity contribution in [1.82, 2.24) is 5.32 Å². The number of carbonyl (C=O) groups is 1. The molecular formula is C15H22FNO2. The molecule has 19 heavy (non-hydrogen) atoms. The van der Waals surface area contributed by atoms with Crippen LogP contribution in [0.1, 0.15) is 25.8 Å². The quantitative estimate of drug-likeness (QED) is 0.736. The Kier molecular flexibility index (Phi) is 6.50.